The van der Waals surface area contributed by atoms with Crippen LogP contribution in [0.25, 0.3) is 0 Å². The van der Waals surface area contributed by atoms with Crippen molar-refractivity contribution in [1.29, 1.82) is 0 Å². The van der Waals surface area contributed by atoms with Crippen LogP contribution in [0.3, 0.4) is 0 Å². The van der Waals surface area contributed by atoms with E-state index in [1.807, 2.05) is 36.4 Å². The molecule has 3 rings (SSSR count). The lowest BCUT2D eigenvalue weighted by molar-refractivity contribution is 0.0472. The molecule has 0 saturated heterocycles. The molecule has 3 aromatic carbocycles. The molecule has 0 N–H and O–H groups in total. The lowest BCUT2D eigenvalue weighted by Crippen LogP contribution is -2.10. The van der Waals surface area contributed by atoms with E-state index in [0.717, 1.165) is 5.56 Å². The molecule has 0 amide bonds. The molecule has 0 spiro atoms. The molecule has 0 atom stereocenters. The van der Waals surface area contributed by atoms with Crippen molar-refractivity contribution in [2.45, 2.75) is 6.61 Å². The van der Waals surface area contributed by atoms with Crippen LogP contribution < -0.4 is 4.74 Å². The maximum absolute atomic E-state index is 12.1. The zero-order chi connectivity index (χ0) is 17.5. The Labute approximate surface area is 145 Å². The van der Waals surface area contributed by atoms with Gasteiger partial charge in [0.1, 0.15) is 12.4 Å². The molecule has 124 valence electrons. The van der Waals surface area contributed by atoms with Gasteiger partial charge in [0, 0.05) is 0 Å². The quantitative estimate of drug-likeness (QED) is 0.517. The van der Waals surface area contributed by atoms with Crippen molar-refractivity contribution in [3.8, 4) is 5.75 Å². The maximum Gasteiger partial charge on any atom is 0.343 e. The van der Waals surface area contributed by atoms with E-state index < -0.39 is 11.9 Å². The van der Waals surface area contributed by atoms with E-state index in [2.05, 4.69) is 0 Å². The Morgan fingerprint density at radius 1 is 0.640 bits per heavy atom. The topological polar surface area (TPSA) is 52.6 Å². The zero-order valence-corrected chi connectivity index (χ0v) is 13.4. The molecule has 0 radical (unpaired) electrons. The summed E-state index contributed by atoms with van der Waals surface area (Å²) in [5, 5.41) is 0. The number of rotatable bonds is 5. The molecule has 0 fully saturated rings. The summed E-state index contributed by atoms with van der Waals surface area (Å²) in [6.07, 6.45) is 0. The molecule has 0 aliphatic rings. The predicted molar refractivity (Wildman–Crippen MR) is 93.4 cm³/mol. The van der Waals surface area contributed by atoms with Crippen molar-refractivity contribution in [3.05, 3.63) is 102 Å². The highest BCUT2D eigenvalue weighted by molar-refractivity contribution is 5.94. The SMILES string of the molecule is O=C(OCc1ccccc1)c1ccc(C(=O)Oc2ccccc2)cc1. The van der Waals surface area contributed by atoms with E-state index in [1.54, 1.807) is 48.5 Å². The Morgan fingerprint density at radius 2 is 1.16 bits per heavy atom. The van der Waals surface area contributed by atoms with Crippen molar-refractivity contribution in [1.82, 2.24) is 0 Å². The van der Waals surface area contributed by atoms with Crippen LogP contribution in [0.1, 0.15) is 26.3 Å². The van der Waals surface area contributed by atoms with Crippen LogP contribution >= 0.6 is 0 Å². The Morgan fingerprint density at radius 3 is 1.76 bits per heavy atom. The second-order valence-electron chi connectivity index (χ2n) is 5.34. The van der Waals surface area contributed by atoms with Gasteiger partial charge in [0.2, 0.25) is 0 Å². The van der Waals surface area contributed by atoms with E-state index >= 15 is 0 Å². The molecule has 4 nitrogen and oxygen atoms in total. The highest BCUT2D eigenvalue weighted by Gasteiger charge is 2.11. The van der Waals surface area contributed by atoms with Crippen molar-refractivity contribution in [2.75, 3.05) is 0 Å². The molecule has 0 heterocycles. The Bertz CT molecular complexity index is 840. The third-order valence-electron chi connectivity index (χ3n) is 3.52. The van der Waals surface area contributed by atoms with Crippen molar-refractivity contribution in [3.63, 3.8) is 0 Å². The van der Waals surface area contributed by atoms with Crippen LogP contribution in [-0.4, -0.2) is 11.9 Å². The fourth-order valence-electron chi connectivity index (χ4n) is 2.20. The molecule has 4 heteroatoms. The fraction of sp³-hybridized carbons (Fsp3) is 0.0476. The standard InChI is InChI=1S/C21H16O4/c22-20(24-15-16-7-3-1-4-8-16)17-11-13-18(14-12-17)21(23)25-19-9-5-2-6-10-19/h1-14H,15H2. The van der Waals surface area contributed by atoms with Crippen LogP contribution in [0.15, 0.2) is 84.9 Å². The number of carbonyl (C=O) groups excluding carboxylic acids is 2. The average molecular weight is 332 g/mol. The van der Waals surface area contributed by atoms with Crippen LogP contribution in [0.4, 0.5) is 0 Å². The molecular weight excluding hydrogens is 316 g/mol. The third kappa shape index (κ3) is 4.54. The summed E-state index contributed by atoms with van der Waals surface area (Å²) in [6.45, 7) is 0.206. The Hall–Kier alpha value is -3.40. The summed E-state index contributed by atoms with van der Waals surface area (Å²) in [5.74, 6) is -0.443. The number of esters is 2. The Balaban J connectivity index is 1.59. The molecule has 0 bridgehead atoms. The van der Waals surface area contributed by atoms with Crippen molar-refractivity contribution in [2.24, 2.45) is 0 Å². The second-order valence-corrected chi connectivity index (χ2v) is 5.34. The summed E-state index contributed by atoms with van der Waals surface area (Å²) in [5.41, 5.74) is 1.66. The van der Waals surface area contributed by atoms with Gasteiger partial charge in [0.25, 0.3) is 0 Å². The first kappa shape index (κ1) is 16.5. The lowest BCUT2D eigenvalue weighted by Gasteiger charge is -2.06. The van der Waals surface area contributed by atoms with Crippen molar-refractivity contribution < 1.29 is 19.1 Å². The van der Waals surface area contributed by atoms with Gasteiger partial charge < -0.3 is 9.47 Å². The van der Waals surface area contributed by atoms with E-state index in [9.17, 15) is 9.59 Å². The van der Waals surface area contributed by atoms with Gasteiger partial charge in [-0.15, -0.1) is 0 Å². The Kier molecular flexibility index (Phi) is 5.22. The van der Waals surface area contributed by atoms with E-state index in [1.165, 1.54) is 0 Å². The maximum atomic E-state index is 12.1. The van der Waals surface area contributed by atoms with Gasteiger partial charge in [-0.2, -0.15) is 0 Å². The first-order chi connectivity index (χ1) is 12.2. The van der Waals surface area contributed by atoms with Crippen molar-refractivity contribution >= 4 is 11.9 Å². The van der Waals surface area contributed by atoms with E-state index in [-0.39, 0.29) is 6.61 Å². The molecule has 0 unspecified atom stereocenters. The van der Waals surface area contributed by atoms with Crippen LogP contribution in [-0.2, 0) is 11.3 Å². The molecule has 0 saturated carbocycles. The van der Waals surface area contributed by atoms with E-state index in [4.69, 9.17) is 9.47 Å². The summed E-state index contributed by atoms with van der Waals surface area (Å²) < 4.78 is 10.5. The highest BCUT2D eigenvalue weighted by Crippen LogP contribution is 2.13. The first-order valence-electron chi connectivity index (χ1n) is 7.81. The van der Waals surface area contributed by atoms with Crippen LogP contribution in [0.5, 0.6) is 5.75 Å². The number of ether oxygens (including phenoxy) is 2. The van der Waals surface area contributed by atoms with Gasteiger partial charge in [-0.25, -0.2) is 9.59 Å². The summed E-state index contributed by atoms with van der Waals surface area (Å²) in [6, 6.07) is 24.5. The molecule has 3 aromatic rings. The molecule has 0 aliphatic carbocycles. The zero-order valence-electron chi connectivity index (χ0n) is 13.4. The average Bonchev–Trinajstić information content (AvgIpc) is 2.68. The van der Waals surface area contributed by atoms with Gasteiger partial charge in [-0.3, -0.25) is 0 Å². The normalized spacial score (nSPS) is 10.1. The monoisotopic (exact) mass is 332 g/mol. The highest BCUT2D eigenvalue weighted by atomic mass is 16.5. The summed E-state index contributed by atoms with van der Waals surface area (Å²) in [4.78, 5) is 24.1. The lowest BCUT2D eigenvalue weighted by atomic mass is 10.1. The molecular formula is C21H16O4. The van der Waals surface area contributed by atoms with E-state index in [0.29, 0.717) is 16.9 Å². The van der Waals surface area contributed by atoms with Gasteiger partial charge in [0.05, 0.1) is 11.1 Å². The number of carbonyl (C=O) groups is 2. The van der Waals surface area contributed by atoms with Gasteiger partial charge >= 0.3 is 11.9 Å². The van der Waals surface area contributed by atoms with Gasteiger partial charge in [0.15, 0.2) is 0 Å². The van der Waals surface area contributed by atoms with Gasteiger partial charge in [-0.05, 0) is 42.0 Å². The number of hydrogen-bond donors (Lipinski definition) is 0. The third-order valence-corrected chi connectivity index (χ3v) is 3.52. The minimum absolute atomic E-state index is 0.206. The number of hydrogen-bond acceptors (Lipinski definition) is 4. The minimum atomic E-state index is -0.476. The first-order valence-corrected chi connectivity index (χ1v) is 7.81. The fourth-order valence-corrected chi connectivity index (χ4v) is 2.20. The number of para-hydroxylation sites is 1. The van der Waals surface area contributed by atoms with Gasteiger partial charge in [-0.1, -0.05) is 48.5 Å². The molecule has 25 heavy (non-hydrogen) atoms. The molecule has 0 aliphatic heterocycles. The summed E-state index contributed by atoms with van der Waals surface area (Å²) in [7, 11) is 0. The van der Waals surface area contributed by atoms with Crippen LogP contribution in [0, 0.1) is 0 Å². The smallest absolute Gasteiger partial charge is 0.343 e. The second kappa shape index (κ2) is 7.93. The molecule has 0 aromatic heterocycles. The number of benzene rings is 3. The predicted octanol–water partition coefficient (Wildman–Crippen LogP) is 4.26. The largest absolute Gasteiger partial charge is 0.457 e. The van der Waals surface area contributed by atoms with Crippen LogP contribution in [0.2, 0.25) is 0 Å². The summed E-state index contributed by atoms with van der Waals surface area (Å²) >= 11 is 0. The minimum Gasteiger partial charge on any atom is -0.457 e.